The molecule has 0 aromatic heterocycles. The van der Waals surface area contributed by atoms with Gasteiger partial charge in [0.15, 0.2) is 0 Å². The van der Waals surface area contributed by atoms with E-state index in [0.29, 0.717) is 12.5 Å². The van der Waals surface area contributed by atoms with Gasteiger partial charge in [-0.3, -0.25) is 4.79 Å². The molecule has 4 N–H and O–H groups in total. The van der Waals surface area contributed by atoms with Crippen molar-refractivity contribution in [3.8, 4) is 0 Å². The van der Waals surface area contributed by atoms with Crippen LogP contribution >= 0.6 is 11.8 Å². The lowest BCUT2D eigenvalue weighted by atomic mass is 9.96. The molecule has 1 saturated heterocycles. The van der Waals surface area contributed by atoms with Gasteiger partial charge in [-0.2, -0.15) is 11.8 Å². The van der Waals surface area contributed by atoms with Gasteiger partial charge in [-0.15, -0.1) is 0 Å². The first-order valence-electron chi connectivity index (χ1n) is 3.81. The number of rotatable bonds is 4. The minimum Gasteiger partial charge on any atom is -0.369 e. The van der Waals surface area contributed by atoms with Crippen LogP contribution in [-0.4, -0.2) is 24.0 Å². The predicted molar refractivity (Wildman–Crippen MR) is 47.2 cm³/mol. The summed E-state index contributed by atoms with van der Waals surface area (Å²) in [4.78, 5) is 10.7. The Morgan fingerprint density at radius 1 is 1.64 bits per heavy atom. The molecule has 0 bridgehead atoms. The van der Waals surface area contributed by atoms with E-state index in [4.69, 9.17) is 11.5 Å². The molecule has 1 aliphatic rings. The Balaban J connectivity index is 2.24. The van der Waals surface area contributed by atoms with Crippen LogP contribution in [0.1, 0.15) is 6.42 Å². The van der Waals surface area contributed by atoms with Crippen molar-refractivity contribution in [2.45, 2.75) is 6.42 Å². The summed E-state index contributed by atoms with van der Waals surface area (Å²) in [6, 6.07) is 0. The van der Waals surface area contributed by atoms with E-state index in [-0.39, 0.29) is 11.8 Å². The van der Waals surface area contributed by atoms with Crippen molar-refractivity contribution in [1.29, 1.82) is 0 Å². The average Bonchev–Trinajstić information content (AvgIpc) is 1.85. The fourth-order valence-corrected chi connectivity index (χ4v) is 1.99. The molecule has 1 amide bonds. The number of hydrogen-bond donors (Lipinski definition) is 2. The SMILES string of the molecule is NCC(CC1CSC1)C(N)=O. The van der Waals surface area contributed by atoms with Crippen molar-refractivity contribution in [3.63, 3.8) is 0 Å². The quantitative estimate of drug-likeness (QED) is 0.620. The van der Waals surface area contributed by atoms with Gasteiger partial charge >= 0.3 is 0 Å². The van der Waals surface area contributed by atoms with Crippen molar-refractivity contribution in [2.75, 3.05) is 18.1 Å². The van der Waals surface area contributed by atoms with Crippen LogP contribution in [0.4, 0.5) is 0 Å². The van der Waals surface area contributed by atoms with Gasteiger partial charge in [0.05, 0.1) is 5.92 Å². The number of hydrogen-bond acceptors (Lipinski definition) is 3. The van der Waals surface area contributed by atoms with E-state index in [0.717, 1.165) is 6.42 Å². The maximum atomic E-state index is 10.7. The molecule has 1 aliphatic heterocycles. The molecule has 1 heterocycles. The van der Waals surface area contributed by atoms with Crippen molar-refractivity contribution in [3.05, 3.63) is 0 Å². The maximum absolute atomic E-state index is 10.7. The minimum atomic E-state index is -0.246. The standard InChI is InChI=1S/C7H14N2OS/c8-2-6(7(9)10)1-5-3-11-4-5/h5-6H,1-4,8H2,(H2,9,10). The van der Waals surface area contributed by atoms with Crippen LogP contribution in [-0.2, 0) is 4.79 Å². The fourth-order valence-electron chi connectivity index (χ4n) is 1.15. The van der Waals surface area contributed by atoms with Gasteiger partial charge in [-0.05, 0) is 23.8 Å². The third-order valence-corrected chi connectivity index (χ3v) is 3.43. The summed E-state index contributed by atoms with van der Waals surface area (Å²) in [5.41, 5.74) is 10.5. The van der Waals surface area contributed by atoms with Gasteiger partial charge in [0, 0.05) is 6.54 Å². The Labute approximate surface area is 70.9 Å². The zero-order valence-corrected chi connectivity index (χ0v) is 7.27. The lowest BCUT2D eigenvalue weighted by molar-refractivity contribution is -0.121. The van der Waals surface area contributed by atoms with E-state index in [1.807, 2.05) is 11.8 Å². The molecule has 0 aromatic rings. The van der Waals surface area contributed by atoms with Crippen LogP contribution in [0.2, 0.25) is 0 Å². The topological polar surface area (TPSA) is 69.1 Å². The zero-order valence-electron chi connectivity index (χ0n) is 6.45. The van der Waals surface area contributed by atoms with Gasteiger partial charge in [-0.1, -0.05) is 0 Å². The molecular weight excluding hydrogens is 160 g/mol. The molecule has 0 saturated carbocycles. The third-order valence-electron chi connectivity index (χ3n) is 2.01. The van der Waals surface area contributed by atoms with E-state index < -0.39 is 0 Å². The van der Waals surface area contributed by atoms with Crippen LogP contribution in [0.3, 0.4) is 0 Å². The first-order chi connectivity index (χ1) is 5.24. The van der Waals surface area contributed by atoms with E-state index in [1.54, 1.807) is 0 Å². The Morgan fingerprint density at radius 3 is 2.55 bits per heavy atom. The fraction of sp³-hybridized carbons (Fsp3) is 0.857. The molecule has 1 atom stereocenters. The number of nitrogens with two attached hydrogens (primary N) is 2. The van der Waals surface area contributed by atoms with Gasteiger partial charge in [0.25, 0.3) is 0 Å². The Morgan fingerprint density at radius 2 is 2.27 bits per heavy atom. The third kappa shape index (κ3) is 2.38. The zero-order chi connectivity index (χ0) is 8.27. The number of primary amides is 1. The molecule has 0 spiro atoms. The summed E-state index contributed by atoms with van der Waals surface area (Å²) in [5, 5.41) is 0. The highest BCUT2D eigenvalue weighted by Crippen LogP contribution is 2.29. The van der Waals surface area contributed by atoms with Gasteiger partial charge in [-0.25, -0.2) is 0 Å². The lowest BCUT2D eigenvalue weighted by Crippen LogP contribution is -2.34. The molecule has 11 heavy (non-hydrogen) atoms. The second-order valence-corrected chi connectivity index (χ2v) is 4.05. The van der Waals surface area contributed by atoms with Crippen LogP contribution in [0.15, 0.2) is 0 Å². The van der Waals surface area contributed by atoms with Crippen LogP contribution in [0.5, 0.6) is 0 Å². The van der Waals surface area contributed by atoms with Crippen molar-refractivity contribution >= 4 is 17.7 Å². The summed E-state index contributed by atoms with van der Waals surface area (Å²) in [7, 11) is 0. The van der Waals surface area contributed by atoms with E-state index in [9.17, 15) is 4.79 Å². The maximum Gasteiger partial charge on any atom is 0.221 e. The molecular formula is C7H14N2OS. The minimum absolute atomic E-state index is 0.0964. The Bertz CT molecular complexity index is 147. The number of carbonyl (C=O) groups excluding carboxylic acids is 1. The largest absolute Gasteiger partial charge is 0.369 e. The molecule has 1 unspecified atom stereocenters. The monoisotopic (exact) mass is 174 g/mol. The summed E-state index contributed by atoms with van der Waals surface area (Å²) >= 11 is 1.92. The first-order valence-corrected chi connectivity index (χ1v) is 4.96. The smallest absolute Gasteiger partial charge is 0.221 e. The summed E-state index contributed by atoms with van der Waals surface area (Å²) in [6.07, 6.45) is 0.888. The van der Waals surface area contributed by atoms with Crippen LogP contribution in [0, 0.1) is 11.8 Å². The van der Waals surface area contributed by atoms with Crippen molar-refractivity contribution in [1.82, 2.24) is 0 Å². The molecule has 1 fully saturated rings. The summed E-state index contributed by atoms with van der Waals surface area (Å²) in [6.45, 7) is 0.399. The predicted octanol–water partition coefficient (Wildman–Crippen LogP) is -0.200. The normalized spacial score (nSPS) is 20.8. The molecule has 3 nitrogen and oxygen atoms in total. The first kappa shape index (κ1) is 8.87. The number of carbonyl (C=O) groups is 1. The van der Waals surface area contributed by atoms with Gasteiger partial charge in [0.2, 0.25) is 5.91 Å². The average molecular weight is 174 g/mol. The molecule has 0 radical (unpaired) electrons. The van der Waals surface area contributed by atoms with E-state index >= 15 is 0 Å². The summed E-state index contributed by atoms with van der Waals surface area (Å²) < 4.78 is 0. The second-order valence-electron chi connectivity index (χ2n) is 2.97. The summed E-state index contributed by atoms with van der Waals surface area (Å²) in [5.74, 6) is 2.68. The van der Waals surface area contributed by atoms with Gasteiger partial charge in [0.1, 0.15) is 0 Å². The molecule has 4 heteroatoms. The van der Waals surface area contributed by atoms with Crippen LogP contribution < -0.4 is 11.5 Å². The van der Waals surface area contributed by atoms with Gasteiger partial charge < -0.3 is 11.5 Å². The van der Waals surface area contributed by atoms with E-state index in [2.05, 4.69) is 0 Å². The lowest BCUT2D eigenvalue weighted by Gasteiger charge is -2.27. The number of amides is 1. The Hall–Kier alpha value is -0.220. The van der Waals surface area contributed by atoms with Crippen LogP contribution in [0.25, 0.3) is 0 Å². The highest BCUT2D eigenvalue weighted by molar-refractivity contribution is 8.00. The molecule has 0 aliphatic carbocycles. The molecule has 0 aromatic carbocycles. The second kappa shape index (κ2) is 3.97. The van der Waals surface area contributed by atoms with E-state index in [1.165, 1.54) is 11.5 Å². The number of thioether (sulfide) groups is 1. The van der Waals surface area contributed by atoms with Crippen molar-refractivity contribution in [2.24, 2.45) is 23.3 Å². The molecule has 1 rings (SSSR count). The molecule has 64 valence electrons. The Kier molecular flexibility index (Phi) is 3.20. The van der Waals surface area contributed by atoms with Crippen molar-refractivity contribution < 1.29 is 4.79 Å². The highest BCUT2D eigenvalue weighted by atomic mass is 32.2. The highest BCUT2D eigenvalue weighted by Gasteiger charge is 2.24.